The Labute approximate surface area is 104 Å². The lowest BCUT2D eigenvalue weighted by Crippen LogP contribution is -2.29. The fraction of sp³-hybridized carbons (Fsp3) is 0.417. The smallest absolute Gasteiger partial charge is 0.328 e. The number of carbonyl (C=O) groups is 1. The van der Waals surface area contributed by atoms with Gasteiger partial charge < -0.3 is 10.1 Å². The summed E-state index contributed by atoms with van der Waals surface area (Å²) in [7, 11) is 1.40. The van der Waals surface area contributed by atoms with Gasteiger partial charge in [0, 0.05) is 10.2 Å². The van der Waals surface area contributed by atoms with Crippen LogP contribution in [0.25, 0.3) is 0 Å². The maximum absolute atomic E-state index is 11.4. The highest BCUT2D eigenvalue weighted by Crippen LogP contribution is 2.24. The highest BCUT2D eigenvalue weighted by molar-refractivity contribution is 9.10. The number of aryl methyl sites for hydroxylation is 1. The van der Waals surface area contributed by atoms with Crippen LogP contribution in [0.2, 0.25) is 0 Å². The molecule has 0 saturated heterocycles. The molecule has 4 heteroatoms. The van der Waals surface area contributed by atoms with E-state index >= 15 is 0 Å². The molecule has 0 spiro atoms. The van der Waals surface area contributed by atoms with Crippen molar-refractivity contribution in [1.29, 1.82) is 0 Å². The van der Waals surface area contributed by atoms with Crippen molar-refractivity contribution in [2.45, 2.75) is 26.3 Å². The van der Waals surface area contributed by atoms with Gasteiger partial charge in [-0.2, -0.15) is 0 Å². The Morgan fingerprint density at radius 1 is 1.56 bits per heavy atom. The number of carbonyl (C=O) groups excluding carboxylic acids is 1. The number of anilines is 1. The standard InChI is InChI=1S/C12H16BrNO2/c1-4-10(12(15)16-3)14-11-7-8(2)5-6-9(11)13/h5-7,10,14H,4H2,1-3H3. The van der Waals surface area contributed by atoms with Gasteiger partial charge in [-0.1, -0.05) is 13.0 Å². The zero-order chi connectivity index (χ0) is 12.1. The molecule has 16 heavy (non-hydrogen) atoms. The molecule has 1 atom stereocenters. The molecule has 0 saturated carbocycles. The fourth-order valence-corrected chi connectivity index (χ4v) is 1.77. The molecule has 1 unspecified atom stereocenters. The normalized spacial score (nSPS) is 12.0. The van der Waals surface area contributed by atoms with E-state index in [1.165, 1.54) is 7.11 Å². The van der Waals surface area contributed by atoms with Gasteiger partial charge in [0.25, 0.3) is 0 Å². The first-order chi connectivity index (χ1) is 7.58. The van der Waals surface area contributed by atoms with Gasteiger partial charge in [-0.05, 0) is 47.0 Å². The van der Waals surface area contributed by atoms with Gasteiger partial charge in [0.15, 0.2) is 0 Å². The summed E-state index contributed by atoms with van der Waals surface area (Å²) in [4.78, 5) is 11.4. The molecule has 1 rings (SSSR count). The number of hydrogen-bond donors (Lipinski definition) is 1. The van der Waals surface area contributed by atoms with Gasteiger partial charge in [-0.25, -0.2) is 4.79 Å². The highest BCUT2D eigenvalue weighted by Gasteiger charge is 2.17. The lowest BCUT2D eigenvalue weighted by atomic mass is 10.2. The molecule has 1 aromatic carbocycles. The molecular weight excluding hydrogens is 270 g/mol. The second kappa shape index (κ2) is 5.89. The van der Waals surface area contributed by atoms with E-state index in [2.05, 4.69) is 21.2 Å². The van der Waals surface area contributed by atoms with Crippen LogP contribution in [0.15, 0.2) is 22.7 Å². The summed E-state index contributed by atoms with van der Waals surface area (Å²) in [6, 6.07) is 5.66. The Kier molecular flexibility index (Phi) is 4.80. The predicted molar refractivity (Wildman–Crippen MR) is 68.6 cm³/mol. The Morgan fingerprint density at radius 2 is 2.25 bits per heavy atom. The second-order valence-electron chi connectivity index (χ2n) is 3.61. The Morgan fingerprint density at radius 3 is 2.81 bits per heavy atom. The van der Waals surface area contributed by atoms with E-state index in [0.29, 0.717) is 6.42 Å². The van der Waals surface area contributed by atoms with Crippen LogP contribution in [0.3, 0.4) is 0 Å². The van der Waals surface area contributed by atoms with E-state index in [1.54, 1.807) is 0 Å². The molecule has 0 aliphatic rings. The summed E-state index contributed by atoms with van der Waals surface area (Å²) in [6.45, 7) is 3.95. The third-order valence-corrected chi connectivity index (χ3v) is 3.04. The zero-order valence-electron chi connectivity index (χ0n) is 9.71. The average molecular weight is 286 g/mol. The second-order valence-corrected chi connectivity index (χ2v) is 4.47. The number of nitrogens with one attached hydrogen (secondary N) is 1. The molecule has 0 aromatic heterocycles. The average Bonchev–Trinajstić information content (AvgIpc) is 2.29. The molecule has 0 aliphatic carbocycles. The summed E-state index contributed by atoms with van der Waals surface area (Å²) in [5, 5.41) is 3.17. The van der Waals surface area contributed by atoms with E-state index < -0.39 is 0 Å². The van der Waals surface area contributed by atoms with Crippen molar-refractivity contribution in [3.05, 3.63) is 28.2 Å². The van der Waals surface area contributed by atoms with Crippen molar-refractivity contribution in [3.63, 3.8) is 0 Å². The van der Waals surface area contributed by atoms with Gasteiger partial charge in [0.1, 0.15) is 6.04 Å². The monoisotopic (exact) mass is 285 g/mol. The van der Waals surface area contributed by atoms with Crippen LogP contribution in [0, 0.1) is 6.92 Å². The van der Waals surface area contributed by atoms with Crippen LogP contribution in [-0.2, 0) is 9.53 Å². The van der Waals surface area contributed by atoms with Crippen LogP contribution in [-0.4, -0.2) is 19.1 Å². The molecular formula is C12H16BrNO2. The van der Waals surface area contributed by atoms with Crippen molar-refractivity contribution in [1.82, 2.24) is 0 Å². The highest BCUT2D eigenvalue weighted by atomic mass is 79.9. The number of methoxy groups -OCH3 is 1. The zero-order valence-corrected chi connectivity index (χ0v) is 11.3. The van der Waals surface area contributed by atoms with Crippen molar-refractivity contribution in [2.24, 2.45) is 0 Å². The van der Waals surface area contributed by atoms with Gasteiger partial charge in [0.05, 0.1) is 7.11 Å². The Hall–Kier alpha value is -1.03. The maximum Gasteiger partial charge on any atom is 0.328 e. The first-order valence-corrected chi connectivity index (χ1v) is 5.98. The minimum absolute atomic E-state index is 0.240. The number of benzene rings is 1. The van der Waals surface area contributed by atoms with E-state index in [1.807, 2.05) is 32.0 Å². The Bertz CT molecular complexity index is 379. The van der Waals surface area contributed by atoms with Crippen LogP contribution in [0.1, 0.15) is 18.9 Å². The summed E-state index contributed by atoms with van der Waals surface area (Å²) in [6.07, 6.45) is 0.688. The maximum atomic E-state index is 11.4. The molecule has 0 radical (unpaired) electrons. The molecule has 1 N–H and O–H groups in total. The Balaban J connectivity index is 2.85. The van der Waals surface area contributed by atoms with Gasteiger partial charge in [-0.15, -0.1) is 0 Å². The summed E-state index contributed by atoms with van der Waals surface area (Å²) in [5.74, 6) is -0.240. The third-order valence-electron chi connectivity index (χ3n) is 2.35. The molecule has 0 fully saturated rings. The van der Waals surface area contributed by atoms with Gasteiger partial charge in [-0.3, -0.25) is 0 Å². The van der Waals surface area contributed by atoms with Crippen molar-refractivity contribution >= 4 is 27.6 Å². The molecule has 1 aromatic rings. The van der Waals surface area contributed by atoms with E-state index in [9.17, 15) is 4.79 Å². The van der Waals surface area contributed by atoms with Gasteiger partial charge in [0.2, 0.25) is 0 Å². The van der Waals surface area contributed by atoms with E-state index in [0.717, 1.165) is 15.7 Å². The quantitative estimate of drug-likeness (QED) is 0.864. The molecule has 3 nitrogen and oxygen atoms in total. The topological polar surface area (TPSA) is 38.3 Å². The van der Waals surface area contributed by atoms with Crippen molar-refractivity contribution in [2.75, 3.05) is 12.4 Å². The van der Waals surface area contributed by atoms with E-state index in [4.69, 9.17) is 4.74 Å². The summed E-state index contributed by atoms with van der Waals surface area (Å²) < 4.78 is 5.67. The van der Waals surface area contributed by atoms with Crippen LogP contribution < -0.4 is 5.32 Å². The minimum Gasteiger partial charge on any atom is -0.467 e. The predicted octanol–water partition coefficient (Wildman–Crippen LogP) is 3.12. The summed E-state index contributed by atoms with van der Waals surface area (Å²) in [5.41, 5.74) is 2.06. The van der Waals surface area contributed by atoms with Crippen molar-refractivity contribution < 1.29 is 9.53 Å². The number of halogens is 1. The molecule has 0 aliphatic heterocycles. The van der Waals surface area contributed by atoms with E-state index in [-0.39, 0.29) is 12.0 Å². The lowest BCUT2D eigenvalue weighted by molar-refractivity contribution is -0.141. The third kappa shape index (κ3) is 3.23. The minimum atomic E-state index is -0.303. The fourth-order valence-electron chi connectivity index (χ4n) is 1.41. The molecule has 0 bridgehead atoms. The van der Waals surface area contributed by atoms with Crippen LogP contribution in [0.5, 0.6) is 0 Å². The van der Waals surface area contributed by atoms with Crippen LogP contribution >= 0.6 is 15.9 Å². The molecule has 88 valence electrons. The number of ether oxygens (including phenoxy) is 1. The first-order valence-electron chi connectivity index (χ1n) is 5.19. The first kappa shape index (κ1) is 13.0. The number of hydrogen-bond acceptors (Lipinski definition) is 3. The van der Waals surface area contributed by atoms with Crippen molar-refractivity contribution in [3.8, 4) is 0 Å². The molecule has 0 heterocycles. The van der Waals surface area contributed by atoms with Crippen LogP contribution in [0.4, 0.5) is 5.69 Å². The number of esters is 1. The lowest BCUT2D eigenvalue weighted by Gasteiger charge is -2.17. The number of rotatable bonds is 4. The largest absolute Gasteiger partial charge is 0.467 e. The molecule has 0 amide bonds. The SMILES string of the molecule is CCC(Nc1cc(C)ccc1Br)C(=O)OC. The van der Waals surface area contributed by atoms with Gasteiger partial charge >= 0.3 is 5.97 Å². The summed E-state index contributed by atoms with van der Waals surface area (Å²) >= 11 is 3.44.